The standard InChI is InChI=1S/C10H14ClN3O2S/c11-10(17(12,15)16)14-6-2-4-9(14)8-3-1-5-13-7-8/h1,3,5,7,9-10H,2,4,6H2,(H2,12,15,16). The molecule has 1 aliphatic rings. The number of alkyl halides is 1. The zero-order valence-corrected chi connectivity index (χ0v) is 10.7. The van der Waals surface area contributed by atoms with E-state index in [1.807, 2.05) is 12.1 Å². The van der Waals surface area contributed by atoms with Gasteiger partial charge in [0.15, 0.2) is 0 Å². The zero-order chi connectivity index (χ0) is 12.5. The second-order valence-electron chi connectivity index (χ2n) is 4.06. The lowest BCUT2D eigenvalue weighted by molar-refractivity contribution is 0.275. The molecule has 1 aromatic rings. The maximum Gasteiger partial charge on any atom is 0.239 e. The highest BCUT2D eigenvalue weighted by Gasteiger charge is 2.36. The van der Waals surface area contributed by atoms with Crippen LogP contribution in [-0.2, 0) is 10.0 Å². The average Bonchev–Trinajstić information content (AvgIpc) is 2.76. The van der Waals surface area contributed by atoms with Crippen LogP contribution in [0.15, 0.2) is 24.5 Å². The Bertz CT molecular complexity index is 480. The van der Waals surface area contributed by atoms with Gasteiger partial charge in [-0.3, -0.25) is 9.88 Å². The molecule has 0 aromatic carbocycles. The predicted molar refractivity (Wildman–Crippen MR) is 65.7 cm³/mol. The van der Waals surface area contributed by atoms with Crippen LogP contribution in [0.4, 0.5) is 0 Å². The van der Waals surface area contributed by atoms with Gasteiger partial charge in [-0.05, 0) is 24.5 Å². The number of hydrogen-bond acceptors (Lipinski definition) is 4. The van der Waals surface area contributed by atoms with Crippen molar-refractivity contribution < 1.29 is 8.42 Å². The van der Waals surface area contributed by atoms with Crippen LogP contribution in [-0.4, -0.2) is 29.7 Å². The molecule has 2 N–H and O–H groups in total. The lowest BCUT2D eigenvalue weighted by Gasteiger charge is -2.27. The van der Waals surface area contributed by atoms with E-state index >= 15 is 0 Å². The van der Waals surface area contributed by atoms with Gasteiger partial charge in [-0.2, -0.15) is 0 Å². The quantitative estimate of drug-likeness (QED) is 0.660. The third kappa shape index (κ3) is 2.77. The van der Waals surface area contributed by atoms with Crippen molar-refractivity contribution in [2.45, 2.75) is 23.7 Å². The van der Waals surface area contributed by atoms with Crippen LogP contribution in [0.3, 0.4) is 0 Å². The Labute approximate surface area is 106 Å². The van der Waals surface area contributed by atoms with Gasteiger partial charge < -0.3 is 0 Å². The zero-order valence-electron chi connectivity index (χ0n) is 9.16. The van der Waals surface area contributed by atoms with Crippen LogP contribution < -0.4 is 5.14 Å². The number of pyridine rings is 1. The highest BCUT2D eigenvalue weighted by molar-refractivity contribution is 7.91. The summed E-state index contributed by atoms with van der Waals surface area (Å²) in [6, 6.07) is 3.72. The van der Waals surface area contributed by atoms with Gasteiger partial charge in [-0.25, -0.2) is 13.6 Å². The van der Waals surface area contributed by atoms with Gasteiger partial charge in [0.25, 0.3) is 0 Å². The fraction of sp³-hybridized carbons (Fsp3) is 0.500. The predicted octanol–water partition coefficient (Wildman–Crippen LogP) is 1.03. The Balaban J connectivity index is 2.24. The third-order valence-electron chi connectivity index (χ3n) is 2.90. The summed E-state index contributed by atoms with van der Waals surface area (Å²) in [4.78, 5) is 4.57. The van der Waals surface area contributed by atoms with Crippen molar-refractivity contribution in [3.8, 4) is 0 Å². The van der Waals surface area contributed by atoms with Crippen molar-refractivity contribution in [3.63, 3.8) is 0 Å². The van der Waals surface area contributed by atoms with E-state index in [4.69, 9.17) is 16.7 Å². The first-order valence-electron chi connectivity index (χ1n) is 5.31. The maximum absolute atomic E-state index is 11.3. The fourth-order valence-corrected chi connectivity index (χ4v) is 3.02. The Morgan fingerprint density at radius 3 is 2.94 bits per heavy atom. The molecule has 17 heavy (non-hydrogen) atoms. The molecule has 5 nitrogen and oxygen atoms in total. The van der Waals surface area contributed by atoms with Crippen LogP contribution in [0.1, 0.15) is 24.4 Å². The summed E-state index contributed by atoms with van der Waals surface area (Å²) in [5.41, 5.74) is 0.972. The molecule has 1 fully saturated rings. The molecule has 2 atom stereocenters. The van der Waals surface area contributed by atoms with Gasteiger partial charge >= 0.3 is 0 Å². The number of sulfonamides is 1. The fourth-order valence-electron chi connectivity index (χ4n) is 2.15. The van der Waals surface area contributed by atoms with Crippen molar-refractivity contribution in [1.82, 2.24) is 9.88 Å². The van der Waals surface area contributed by atoms with Crippen molar-refractivity contribution in [1.29, 1.82) is 0 Å². The average molecular weight is 276 g/mol. The molecule has 0 saturated carbocycles. The van der Waals surface area contributed by atoms with E-state index in [2.05, 4.69) is 4.98 Å². The molecular weight excluding hydrogens is 262 g/mol. The molecule has 0 spiro atoms. The molecule has 1 aliphatic heterocycles. The molecule has 0 radical (unpaired) electrons. The van der Waals surface area contributed by atoms with E-state index in [-0.39, 0.29) is 6.04 Å². The molecule has 2 unspecified atom stereocenters. The van der Waals surface area contributed by atoms with Crippen molar-refractivity contribution in [3.05, 3.63) is 30.1 Å². The number of hydrogen-bond donors (Lipinski definition) is 1. The summed E-state index contributed by atoms with van der Waals surface area (Å²) in [6.07, 6.45) is 5.18. The van der Waals surface area contributed by atoms with Crippen molar-refractivity contribution >= 4 is 21.6 Å². The molecule has 94 valence electrons. The minimum absolute atomic E-state index is 0.0236. The first kappa shape index (κ1) is 12.8. The van der Waals surface area contributed by atoms with Gasteiger partial charge in [0.2, 0.25) is 14.9 Å². The van der Waals surface area contributed by atoms with Crippen molar-refractivity contribution in [2.24, 2.45) is 5.14 Å². The van der Waals surface area contributed by atoms with E-state index in [1.54, 1.807) is 17.3 Å². The number of aromatic nitrogens is 1. The molecule has 2 rings (SSSR count). The molecule has 0 bridgehead atoms. The van der Waals surface area contributed by atoms with Crippen LogP contribution in [0.25, 0.3) is 0 Å². The minimum Gasteiger partial charge on any atom is -0.267 e. The summed E-state index contributed by atoms with van der Waals surface area (Å²) >= 11 is 5.90. The van der Waals surface area contributed by atoms with E-state index < -0.39 is 14.9 Å². The Morgan fingerprint density at radius 1 is 1.59 bits per heavy atom. The number of likely N-dealkylation sites (tertiary alicyclic amines) is 1. The molecule has 1 saturated heterocycles. The van der Waals surface area contributed by atoms with E-state index in [9.17, 15) is 8.42 Å². The second kappa shape index (κ2) is 4.89. The van der Waals surface area contributed by atoms with E-state index in [1.165, 1.54) is 0 Å². The summed E-state index contributed by atoms with van der Waals surface area (Å²) in [7, 11) is -3.76. The first-order valence-corrected chi connectivity index (χ1v) is 7.36. The Kier molecular flexibility index (Phi) is 3.67. The summed E-state index contributed by atoms with van der Waals surface area (Å²) in [5.74, 6) is 0. The number of primary sulfonamides is 1. The lowest BCUT2D eigenvalue weighted by atomic mass is 10.1. The van der Waals surface area contributed by atoms with E-state index in [0.717, 1.165) is 18.4 Å². The minimum atomic E-state index is -3.76. The Hall–Kier alpha value is -0.690. The lowest BCUT2D eigenvalue weighted by Crippen LogP contribution is -2.40. The van der Waals surface area contributed by atoms with Gasteiger partial charge in [0.1, 0.15) is 0 Å². The Morgan fingerprint density at radius 2 is 2.35 bits per heavy atom. The molecule has 7 heteroatoms. The van der Waals surface area contributed by atoms with Gasteiger partial charge in [0, 0.05) is 25.0 Å². The van der Waals surface area contributed by atoms with Crippen LogP contribution in [0, 0.1) is 0 Å². The number of nitrogens with two attached hydrogens (primary N) is 1. The summed E-state index contributed by atoms with van der Waals surface area (Å²) in [5, 5.41) is 5.08. The number of nitrogens with zero attached hydrogens (tertiary/aromatic N) is 2. The molecule has 0 amide bonds. The van der Waals surface area contributed by atoms with Crippen LogP contribution >= 0.6 is 11.6 Å². The summed E-state index contributed by atoms with van der Waals surface area (Å²) < 4.78 is 22.6. The SMILES string of the molecule is NS(=O)(=O)C(Cl)N1CCCC1c1cccnc1. The normalized spacial score (nSPS) is 23.8. The highest BCUT2D eigenvalue weighted by Crippen LogP contribution is 2.34. The van der Waals surface area contributed by atoms with Gasteiger partial charge in [-0.15, -0.1) is 0 Å². The smallest absolute Gasteiger partial charge is 0.239 e. The molecule has 2 heterocycles. The topological polar surface area (TPSA) is 76.3 Å². The third-order valence-corrected chi connectivity index (χ3v) is 4.70. The van der Waals surface area contributed by atoms with Gasteiger partial charge in [-0.1, -0.05) is 17.7 Å². The highest BCUT2D eigenvalue weighted by atomic mass is 35.5. The monoisotopic (exact) mass is 275 g/mol. The molecular formula is C10H14ClN3O2S. The second-order valence-corrected chi connectivity index (χ2v) is 6.36. The van der Waals surface area contributed by atoms with Gasteiger partial charge in [0.05, 0.1) is 0 Å². The molecule has 1 aromatic heterocycles. The van der Waals surface area contributed by atoms with E-state index in [0.29, 0.717) is 6.54 Å². The number of halogens is 1. The summed E-state index contributed by atoms with van der Waals surface area (Å²) in [6.45, 7) is 0.629. The van der Waals surface area contributed by atoms with Crippen molar-refractivity contribution in [2.75, 3.05) is 6.54 Å². The molecule has 0 aliphatic carbocycles. The number of rotatable bonds is 3. The first-order chi connectivity index (χ1) is 8.00. The van der Waals surface area contributed by atoms with Crippen LogP contribution in [0.2, 0.25) is 0 Å². The largest absolute Gasteiger partial charge is 0.267 e. The maximum atomic E-state index is 11.3. The van der Waals surface area contributed by atoms with Crippen LogP contribution in [0.5, 0.6) is 0 Å².